The van der Waals surface area contributed by atoms with Crippen LogP contribution in [0.3, 0.4) is 0 Å². The number of fused-ring (bicyclic) bond motifs is 1. The number of likely N-dealkylation sites (tertiary alicyclic amines) is 1. The van der Waals surface area contributed by atoms with Gasteiger partial charge in [-0.2, -0.15) is 0 Å². The monoisotopic (exact) mass is 401 g/mol. The van der Waals surface area contributed by atoms with Crippen LogP contribution in [0.5, 0.6) is 11.8 Å². The predicted octanol–water partition coefficient (Wildman–Crippen LogP) is 4.59. The van der Waals surface area contributed by atoms with Crippen LogP contribution in [0.2, 0.25) is 0 Å². The number of methoxy groups -OCH3 is 1. The van der Waals surface area contributed by atoms with Crippen molar-refractivity contribution in [2.45, 2.75) is 64.5 Å². The second-order valence-electron chi connectivity index (χ2n) is 8.34. The Morgan fingerprint density at radius 1 is 1.14 bits per heavy atom. The zero-order chi connectivity index (χ0) is 20.9. The van der Waals surface area contributed by atoms with E-state index in [9.17, 15) is 4.79 Å². The largest absolute Gasteiger partial charge is 0.477 e. The lowest BCUT2D eigenvalue weighted by Crippen LogP contribution is -2.46. The number of piperidine rings is 1. The Kier molecular flexibility index (Phi) is 6.77. The number of aromatic nitrogens is 2. The zero-order valence-corrected chi connectivity index (χ0v) is 17.8. The number of nitrogens with zero attached hydrogens (tertiary/aromatic N) is 3. The van der Waals surface area contributed by atoms with Crippen molar-refractivity contribution in [3.63, 3.8) is 0 Å². The average Bonchev–Trinajstić information content (AvgIpc) is 2.69. The summed E-state index contributed by atoms with van der Waals surface area (Å²) in [5, 5.41) is 0. The highest BCUT2D eigenvalue weighted by Gasteiger charge is 2.30. The van der Waals surface area contributed by atoms with Gasteiger partial charge in [-0.3, -0.25) is 0 Å². The first-order chi connectivity index (χ1) is 13.9. The topological polar surface area (TPSA) is 73.8 Å². The van der Waals surface area contributed by atoms with Crippen LogP contribution in [0.15, 0.2) is 24.3 Å². The SMILES string of the molecule is COc1nc2ccccc2nc1OCCC[C@H]1CCCCN1C(=O)OC(C)(C)C. The van der Waals surface area contributed by atoms with Crippen LogP contribution < -0.4 is 9.47 Å². The van der Waals surface area contributed by atoms with Gasteiger partial charge in [-0.05, 0) is 65.0 Å². The van der Waals surface area contributed by atoms with Crippen molar-refractivity contribution in [1.82, 2.24) is 14.9 Å². The van der Waals surface area contributed by atoms with E-state index in [0.717, 1.165) is 49.7 Å². The fraction of sp³-hybridized carbons (Fsp3) is 0.591. The number of benzene rings is 1. The smallest absolute Gasteiger partial charge is 0.410 e. The van der Waals surface area contributed by atoms with Gasteiger partial charge in [-0.25, -0.2) is 14.8 Å². The van der Waals surface area contributed by atoms with Crippen LogP contribution in [-0.2, 0) is 4.74 Å². The fourth-order valence-electron chi connectivity index (χ4n) is 3.54. The molecule has 1 amide bonds. The molecule has 0 radical (unpaired) electrons. The molecule has 1 saturated heterocycles. The average molecular weight is 402 g/mol. The molecule has 7 nitrogen and oxygen atoms in total. The molecule has 29 heavy (non-hydrogen) atoms. The Morgan fingerprint density at radius 2 is 1.83 bits per heavy atom. The lowest BCUT2D eigenvalue weighted by atomic mass is 9.98. The lowest BCUT2D eigenvalue weighted by molar-refractivity contribution is 0.00821. The third-order valence-electron chi connectivity index (χ3n) is 4.88. The summed E-state index contributed by atoms with van der Waals surface area (Å²) in [5.74, 6) is 0.788. The van der Waals surface area contributed by atoms with Crippen molar-refractivity contribution in [3.05, 3.63) is 24.3 Å². The number of para-hydroxylation sites is 2. The molecule has 1 fully saturated rings. The first-order valence-corrected chi connectivity index (χ1v) is 10.3. The van der Waals surface area contributed by atoms with Crippen LogP contribution in [-0.4, -0.2) is 52.9 Å². The van der Waals surface area contributed by atoms with Crippen LogP contribution in [0.1, 0.15) is 52.9 Å². The summed E-state index contributed by atoms with van der Waals surface area (Å²) in [7, 11) is 1.56. The first-order valence-electron chi connectivity index (χ1n) is 10.3. The van der Waals surface area contributed by atoms with Crippen molar-refractivity contribution >= 4 is 17.1 Å². The van der Waals surface area contributed by atoms with Gasteiger partial charge in [0, 0.05) is 12.6 Å². The van der Waals surface area contributed by atoms with Gasteiger partial charge in [0.1, 0.15) is 5.60 Å². The molecule has 1 aromatic heterocycles. The van der Waals surface area contributed by atoms with E-state index < -0.39 is 5.60 Å². The maximum Gasteiger partial charge on any atom is 0.410 e. The van der Waals surface area contributed by atoms with Crippen molar-refractivity contribution < 1.29 is 19.0 Å². The molecule has 0 unspecified atom stereocenters. The number of rotatable bonds is 6. The molecule has 0 aliphatic carbocycles. The van der Waals surface area contributed by atoms with E-state index in [-0.39, 0.29) is 12.1 Å². The molecular weight excluding hydrogens is 370 g/mol. The highest BCUT2D eigenvalue weighted by atomic mass is 16.6. The third kappa shape index (κ3) is 5.71. The van der Waals surface area contributed by atoms with E-state index in [1.165, 1.54) is 0 Å². The first kappa shape index (κ1) is 21.1. The number of ether oxygens (including phenoxy) is 3. The third-order valence-corrected chi connectivity index (χ3v) is 4.88. The second-order valence-corrected chi connectivity index (χ2v) is 8.34. The normalized spacial score (nSPS) is 17.2. The van der Waals surface area contributed by atoms with E-state index in [4.69, 9.17) is 14.2 Å². The summed E-state index contributed by atoms with van der Waals surface area (Å²) < 4.78 is 16.8. The molecule has 0 bridgehead atoms. The van der Waals surface area contributed by atoms with Gasteiger partial charge in [0.2, 0.25) is 0 Å². The minimum atomic E-state index is -0.479. The van der Waals surface area contributed by atoms with Crippen LogP contribution in [0.25, 0.3) is 11.0 Å². The van der Waals surface area contributed by atoms with Gasteiger partial charge in [0.25, 0.3) is 11.8 Å². The molecule has 158 valence electrons. The van der Waals surface area contributed by atoms with Gasteiger partial charge in [0.15, 0.2) is 0 Å². The Hall–Kier alpha value is -2.57. The minimum Gasteiger partial charge on any atom is -0.477 e. The van der Waals surface area contributed by atoms with Crippen molar-refractivity contribution in [2.75, 3.05) is 20.3 Å². The summed E-state index contributed by atoms with van der Waals surface area (Å²) in [6, 6.07) is 7.81. The Labute approximate surface area is 172 Å². The van der Waals surface area contributed by atoms with Gasteiger partial charge >= 0.3 is 6.09 Å². The van der Waals surface area contributed by atoms with Crippen LogP contribution in [0.4, 0.5) is 4.79 Å². The molecule has 1 atom stereocenters. The Morgan fingerprint density at radius 3 is 2.48 bits per heavy atom. The maximum absolute atomic E-state index is 12.5. The van der Waals surface area contributed by atoms with Crippen LogP contribution in [0, 0.1) is 0 Å². The maximum atomic E-state index is 12.5. The van der Waals surface area contributed by atoms with Crippen molar-refractivity contribution in [2.24, 2.45) is 0 Å². The number of carbonyl (C=O) groups is 1. The van der Waals surface area contributed by atoms with Crippen molar-refractivity contribution in [1.29, 1.82) is 0 Å². The molecule has 1 aliphatic rings. The van der Waals surface area contributed by atoms with E-state index in [1.54, 1.807) is 7.11 Å². The van der Waals surface area contributed by atoms with Gasteiger partial charge in [-0.15, -0.1) is 0 Å². The summed E-state index contributed by atoms with van der Waals surface area (Å²) in [4.78, 5) is 23.4. The van der Waals surface area contributed by atoms with E-state index in [0.29, 0.717) is 18.4 Å². The summed E-state index contributed by atoms with van der Waals surface area (Å²) in [6.45, 7) is 6.94. The predicted molar refractivity (Wildman–Crippen MR) is 111 cm³/mol. The number of hydrogen-bond donors (Lipinski definition) is 0. The van der Waals surface area contributed by atoms with E-state index in [1.807, 2.05) is 49.9 Å². The number of hydrogen-bond acceptors (Lipinski definition) is 6. The van der Waals surface area contributed by atoms with Crippen molar-refractivity contribution in [3.8, 4) is 11.8 Å². The minimum absolute atomic E-state index is 0.187. The Bertz CT molecular complexity index is 834. The molecule has 3 rings (SSSR count). The van der Waals surface area contributed by atoms with Gasteiger partial charge < -0.3 is 19.1 Å². The summed E-state index contributed by atoms with van der Waals surface area (Å²) in [5.41, 5.74) is 1.06. The highest BCUT2D eigenvalue weighted by Crippen LogP contribution is 2.26. The Balaban J connectivity index is 1.56. The summed E-state index contributed by atoms with van der Waals surface area (Å²) >= 11 is 0. The van der Waals surface area contributed by atoms with Gasteiger partial charge in [-0.1, -0.05) is 12.1 Å². The molecule has 1 aliphatic heterocycles. The van der Waals surface area contributed by atoms with E-state index in [2.05, 4.69) is 9.97 Å². The second kappa shape index (κ2) is 9.29. The lowest BCUT2D eigenvalue weighted by Gasteiger charge is -2.36. The fourth-order valence-corrected chi connectivity index (χ4v) is 3.54. The molecule has 0 N–H and O–H groups in total. The number of amides is 1. The quantitative estimate of drug-likeness (QED) is 0.659. The molecular formula is C22H31N3O4. The molecule has 1 aromatic carbocycles. The van der Waals surface area contributed by atoms with Crippen LogP contribution >= 0.6 is 0 Å². The molecule has 0 spiro atoms. The standard InChI is InChI=1S/C22H31N3O4/c1-22(2,3)29-21(26)25-14-8-7-10-16(25)11-9-15-28-20-19(27-4)23-17-12-5-6-13-18(17)24-20/h5-6,12-13,16H,7-11,14-15H2,1-4H3/t16-/m1/s1. The summed E-state index contributed by atoms with van der Waals surface area (Å²) in [6.07, 6.45) is 4.61. The zero-order valence-electron chi connectivity index (χ0n) is 17.8. The molecule has 2 heterocycles. The molecule has 7 heteroatoms. The van der Waals surface area contributed by atoms with Gasteiger partial charge in [0.05, 0.1) is 24.8 Å². The molecule has 0 saturated carbocycles. The molecule has 2 aromatic rings. The highest BCUT2D eigenvalue weighted by molar-refractivity contribution is 5.75. The number of carbonyl (C=O) groups excluding carboxylic acids is 1. The van der Waals surface area contributed by atoms with E-state index >= 15 is 0 Å².